The monoisotopic (exact) mass is 276 g/mol. The molecule has 106 valence electrons. The molecule has 2 fully saturated rings. The summed E-state index contributed by atoms with van der Waals surface area (Å²) in [5, 5.41) is 3.33. The predicted octanol–water partition coefficient (Wildman–Crippen LogP) is 0.569. The third-order valence-electron chi connectivity index (χ3n) is 4.13. The molecule has 2 saturated heterocycles. The minimum Gasteiger partial charge on any atom is -0.375 e. The summed E-state index contributed by atoms with van der Waals surface area (Å²) >= 11 is 0. The number of hydrogen-bond donors (Lipinski definition) is 1. The summed E-state index contributed by atoms with van der Waals surface area (Å²) in [6.07, 6.45) is 4.95. The first-order valence-electron chi connectivity index (χ1n) is 6.78. The highest BCUT2D eigenvalue weighted by molar-refractivity contribution is 7.88. The molecule has 0 saturated carbocycles. The molecular formula is C12H24N2O3S. The minimum atomic E-state index is -3.11. The van der Waals surface area contributed by atoms with Crippen molar-refractivity contribution in [3.63, 3.8) is 0 Å². The molecule has 1 spiro atoms. The predicted molar refractivity (Wildman–Crippen MR) is 71.0 cm³/mol. The van der Waals surface area contributed by atoms with Gasteiger partial charge in [0.15, 0.2) is 0 Å². The summed E-state index contributed by atoms with van der Waals surface area (Å²) in [4.78, 5) is 0. The summed E-state index contributed by atoms with van der Waals surface area (Å²) in [5.41, 5.74) is -0.0910. The summed E-state index contributed by atoms with van der Waals surface area (Å²) in [7, 11) is -3.11. The molecule has 0 aromatic heterocycles. The lowest BCUT2D eigenvalue weighted by Crippen LogP contribution is -2.53. The Hall–Kier alpha value is -0.170. The molecule has 1 N–H and O–H groups in total. The van der Waals surface area contributed by atoms with Crippen molar-refractivity contribution in [2.24, 2.45) is 0 Å². The molecule has 0 aliphatic carbocycles. The molecule has 5 nitrogen and oxygen atoms in total. The van der Waals surface area contributed by atoms with E-state index in [-0.39, 0.29) is 11.6 Å². The van der Waals surface area contributed by atoms with E-state index < -0.39 is 10.0 Å². The highest BCUT2D eigenvalue weighted by atomic mass is 32.2. The van der Waals surface area contributed by atoms with Crippen LogP contribution in [0, 0.1) is 0 Å². The lowest BCUT2D eigenvalue weighted by atomic mass is 9.83. The smallest absolute Gasteiger partial charge is 0.211 e. The fourth-order valence-electron chi connectivity index (χ4n) is 3.24. The second-order valence-corrected chi connectivity index (χ2v) is 7.33. The zero-order valence-electron chi connectivity index (χ0n) is 11.3. The number of nitrogens with one attached hydrogen (secondary N) is 1. The van der Waals surface area contributed by atoms with Gasteiger partial charge in [0.1, 0.15) is 0 Å². The van der Waals surface area contributed by atoms with E-state index >= 15 is 0 Å². The van der Waals surface area contributed by atoms with E-state index in [9.17, 15) is 8.42 Å². The first-order valence-corrected chi connectivity index (χ1v) is 8.63. The maximum atomic E-state index is 11.8. The van der Waals surface area contributed by atoms with E-state index in [1.54, 1.807) is 4.31 Å². The van der Waals surface area contributed by atoms with Crippen molar-refractivity contribution in [2.75, 3.05) is 32.5 Å². The van der Waals surface area contributed by atoms with Gasteiger partial charge in [-0.25, -0.2) is 8.42 Å². The molecule has 18 heavy (non-hydrogen) atoms. The van der Waals surface area contributed by atoms with Crippen LogP contribution in [0.25, 0.3) is 0 Å². The number of ether oxygens (including phenoxy) is 1. The SMILES string of the molecule is CCN([C@@H]1CCOC2(CCNCC2)C1)S(C)(=O)=O. The van der Waals surface area contributed by atoms with Gasteiger partial charge in [0, 0.05) is 19.2 Å². The topological polar surface area (TPSA) is 58.6 Å². The van der Waals surface area contributed by atoms with Crippen molar-refractivity contribution < 1.29 is 13.2 Å². The fourth-order valence-corrected chi connectivity index (χ4v) is 4.43. The van der Waals surface area contributed by atoms with Crippen molar-refractivity contribution >= 4 is 10.0 Å². The van der Waals surface area contributed by atoms with Crippen LogP contribution in [0.2, 0.25) is 0 Å². The summed E-state index contributed by atoms with van der Waals surface area (Å²) in [6, 6.07) is 0.108. The number of nitrogens with zero attached hydrogens (tertiary/aromatic N) is 1. The Morgan fingerprint density at radius 1 is 1.39 bits per heavy atom. The van der Waals surface area contributed by atoms with Gasteiger partial charge in [-0.2, -0.15) is 4.31 Å². The average Bonchev–Trinajstić information content (AvgIpc) is 2.29. The molecule has 2 aliphatic rings. The number of hydrogen-bond acceptors (Lipinski definition) is 4. The highest BCUT2D eigenvalue weighted by Gasteiger charge is 2.41. The van der Waals surface area contributed by atoms with Crippen LogP contribution in [0.1, 0.15) is 32.6 Å². The zero-order valence-corrected chi connectivity index (χ0v) is 12.1. The lowest BCUT2D eigenvalue weighted by Gasteiger charge is -2.45. The van der Waals surface area contributed by atoms with Gasteiger partial charge in [-0.05, 0) is 38.8 Å². The summed E-state index contributed by atoms with van der Waals surface area (Å²) in [6.45, 7) is 5.08. The second kappa shape index (κ2) is 5.45. The maximum absolute atomic E-state index is 11.8. The number of rotatable bonds is 3. The minimum absolute atomic E-state index is 0.0910. The van der Waals surface area contributed by atoms with Gasteiger partial charge in [0.25, 0.3) is 0 Å². The van der Waals surface area contributed by atoms with Gasteiger partial charge in [-0.15, -0.1) is 0 Å². The normalized spacial score (nSPS) is 28.7. The standard InChI is InChI=1S/C12H24N2O3S/c1-3-14(18(2,15)16)11-4-9-17-12(10-11)5-7-13-8-6-12/h11,13H,3-10H2,1-2H3/t11-/m1/s1. The van der Waals surface area contributed by atoms with Crippen LogP contribution in [-0.4, -0.2) is 56.9 Å². The summed E-state index contributed by atoms with van der Waals surface area (Å²) in [5.74, 6) is 0. The van der Waals surface area contributed by atoms with Gasteiger partial charge in [0.05, 0.1) is 11.9 Å². The van der Waals surface area contributed by atoms with Crippen LogP contribution in [-0.2, 0) is 14.8 Å². The van der Waals surface area contributed by atoms with E-state index in [2.05, 4.69) is 5.32 Å². The fraction of sp³-hybridized carbons (Fsp3) is 1.00. The Bertz CT molecular complexity index is 371. The molecule has 2 rings (SSSR count). The van der Waals surface area contributed by atoms with Gasteiger partial charge in [-0.1, -0.05) is 6.92 Å². The molecular weight excluding hydrogens is 252 g/mol. The quantitative estimate of drug-likeness (QED) is 0.819. The van der Waals surface area contributed by atoms with Gasteiger partial charge in [0.2, 0.25) is 10.0 Å². The zero-order chi connectivity index (χ0) is 13.2. The Balaban J connectivity index is 2.10. The summed E-state index contributed by atoms with van der Waals surface area (Å²) < 4.78 is 31.2. The van der Waals surface area contributed by atoms with Crippen molar-refractivity contribution in [3.8, 4) is 0 Å². The Kier molecular flexibility index (Phi) is 4.31. The van der Waals surface area contributed by atoms with Crippen LogP contribution in [0.3, 0.4) is 0 Å². The molecule has 0 amide bonds. The van der Waals surface area contributed by atoms with Crippen LogP contribution < -0.4 is 5.32 Å². The number of piperidine rings is 1. The van der Waals surface area contributed by atoms with E-state index in [4.69, 9.17) is 4.74 Å². The van der Waals surface area contributed by atoms with Gasteiger partial charge >= 0.3 is 0 Å². The van der Waals surface area contributed by atoms with Crippen LogP contribution in [0.4, 0.5) is 0 Å². The average molecular weight is 276 g/mol. The first-order chi connectivity index (χ1) is 8.47. The van der Waals surface area contributed by atoms with Crippen molar-refractivity contribution in [1.82, 2.24) is 9.62 Å². The molecule has 2 heterocycles. The molecule has 0 aromatic rings. The highest BCUT2D eigenvalue weighted by Crippen LogP contribution is 2.35. The molecule has 0 bridgehead atoms. The lowest BCUT2D eigenvalue weighted by molar-refractivity contribution is -0.112. The van der Waals surface area contributed by atoms with Gasteiger partial charge in [-0.3, -0.25) is 0 Å². The second-order valence-electron chi connectivity index (χ2n) is 5.39. The van der Waals surface area contributed by atoms with Crippen LogP contribution >= 0.6 is 0 Å². The maximum Gasteiger partial charge on any atom is 0.211 e. The molecule has 2 aliphatic heterocycles. The molecule has 1 atom stereocenters. The van der Waals surface area contributed by atoms with Crippen molar-refractivity contribution in [3.05, 3.63) is 0 Å². The third kappa shape index (κ3) is 3.04. The molecule has 0 radical (unpaired) electrons. The molecule has 0 unspecified atom stereocenters. The van der Waals surface area contributed by atoms with Crippen molar-refractivity contribution in [2.45, 2.75) is 44.2 Å². The van der Waals surface area contributed by atoms with Crippen molar-refractivity contribution in [1.29, 1.82) is 0 Å². The largest absolute Gasteiger partial charge is 0.375 e. The molecule has 0 aromatic carbocycles. The Morgan fingerprint density at radius 3 is 2.61 bits per heavy atom. The Labute approximate surface area is 110 Å². The number of sulfonamides is 1. The van der Waals surface area contributed by atoms with E-state index in [1.807, 2.05) is 6.92 Å². The van der Waals surface area contributed by atoms with E-state index in [0.717, 1.165) is 38.8 Å². The molecule has 6 heteroatoms. The first kappa shape index (κ1) is 14.2. The van der Waals surface area contributed by atoms with E-state index in [1.165, 1.54) is 6.26 Å². The van der Waals surface area contributed by atoms with Gasteiger partial charge < -0.3 is 10.1 Å². The van der Waals surface area contributed by atoms with E-state index in [0.29, 0.717) is 13.2 Å². The van der Waals surface area contributed by atoms with Crippen LogP contribution in [0.5, 0.6) is 0 Å². The Morgan fingerprint density at radius 2 is 2.06 bits per heavy atom. The third-order valence-corrected chi connectivity index (χ3v) is 5.53. The van der Waals surface area contributed by atoms with Crippen LogP contribution in [0.15, 0.2) is 0 Å².